The first kappa shape index (κ1) is 17.5. The van der Waals surface area contributed by atoms with Gasteiger partial charge in [0.25, 0.3) is 5.91 Å². The highest BCUT2D eigenvalue weighted by Crippen LogP contribution is 2.28. The number of para-hydroxylation sites is 1. The predicted octanol–water partition coefficient (Wildman–Crippen LogP) is 5.21. The molecule has 1 N–H and O–H groups in total. The summed E-state index contributed by atoms with van der Waals surface area (Å²) in [6.45, 7) is 4.85. The van der Waals surface area contributed by atoms with Crippen LogP contribution in [0, 0.1) is 6.92 Å². The van der Waals surface area contributed by atoms with Gasteiger partial charge in [0.1, 0.15) is 0 Å². The molecule has 0 saturated carbocycles. The summed E-state index contributed by atoms with van der Waals surface area (Å²) in [5, 5.41) is 9.76. The van der Waals surface area contributed by atoms with E-state index in [4.69, 9.17) is 16.6 Å². The minimum absolute atomic E-state index is 0.284. The molecule has 27 heavy (non-hydrogen) atoms. The zero-order valence-electron chi connectivity index (χ0n) is 15.2. The van der Waals surface area contributed by atoms with Crippen molar-refractivity contribution in [2.75, 3.05) is 5.32 Å². The quantitative estimate of drug-likeness (QED) is 0.530. The molecule has 4 rings (SSSR count). The van der Waals surface area contributed by atoms with Gasteiger partial charge in [0.15, 0.2) is 11.5 Å². The van der Waals surface area contributed by atoms with E-state index in [2.05, 4.69) is 17.3 Å². The number of anilines is 1. The van der Waals surface area contributed by atoms with Gasteiger partial charge in [-0.1, -0.05) is 48.9 Å². The second-order valence-electron chi connectivity index (χ2n) is 6.51. The average Bonchev–Trinajstić information content (AvgIpc) is 2.98. The summed E-state index contributed by atoms with van der Waals surface area (Å²) in [6.07, 6.45) is 0.919. The van der Waals surface area contributed by atoms with E-state index in [1.807, 2.05) is 35.9 Å². The van der Waals surface area contributed by atoms with Gasteiger partial charge in [0, 0.05) is 11.9 Å². The zero-order valence-corrected chi connectivity index (χ0v) is 15.9. The number of nitrogens with zero attached hydrogens (tertiary/aromatic N) is 3. The lowest BCUT2D eigenvalue weighted by molar-refractivity contribution is 0.102. The number of amides is 1. The molecule has 0 spiro atoms. The first-order chi connectivity index (χ1) is 13.1. The normalized spacial score (nSPS) is 11.2. The van der Waals surface area contributed by atoms with Gasteiger partial charge in [-0.05, 0) is 37.1 Å². The smallest absolute Gasteiger partial charge is 0.258 e. The van der Waals surface area contributed by atoms with Gasteiger partial charge in [0.2, 0.25) is 0 Å². The summed E-state index contributed by atoms with van der Waals surface area (Å²) in [6, 6.07) is 15.1. The summed E-state index contributed by atoms with van der Waals surface area (Å²) < 4.78 is 1.85. The summed E-state index contributed by atoms with van der Waals surface area (Å²) >= 11 is 6.16. The molecule has 4 aromatic rings. The van der Waals surface area contributed by atoms with Crippen molar-refractivity contribution in [2.24, 2.45) is 0 Å². The maximum absolute atomic E-state index is 12.7. The van der Waals surface area contributed by atoms with Crippen molar-refractivity contribution >= 4 is 45.3 Å². The fraction of sp³-hybridized carbons (Fsp3) is 0.190. The minimum atomic E-state index is -0.284. The summed E-state index contributed by atoms with van der Waals surface area (Å²) in [7, 11) is 0. The van der Waals surface area contributed by atoms with Crippen molar-refractivity contribution < 1.29 is 4.79 Å². The number of nitrogens with one attached hydrogen (secondary N) is 1. The number of halogens is 1. The van der Waals surface area contributed by atoms with Crippen molar-refractivity contribution in [3.8, 4) is 0 Å². The molecule has 0 aliphatic heterocycles. The average molecular weight is 379 g/mol. The number of benzene rings is 2. The molecule has 0 atom stereocenters. The van der Waals surface area contributed by atoms with E-state index in [1.54, 1.807) is 24.3 Å². The molecule has 0 aliphatic rings. The van der Waals surface area contributed by atoms with Crippen LogP contribution in [0.5, 0.6) is 0 Å². The Kier molecular flexibility index (Phi) is 4.54. The molecule has 0 bridgehead atoms. The molecule has 136 valence electrons. The number of hydrogen-bond acceptors (Lipinski definition) is 3. The van der Waals surface area contributed by atoms with Crippen LogP contribution in [0.25, 0.3) is 21.9 Å². The van der Waals surface area contributed by atoms with Crippen molar-refractivity contribution in [3.63, 3.8) is 0 Å². The molecule has 1 amide bonds. The Morgan fingerprint density at radius 3 is 2.78 bits per heavy atom. The number of aryl methyl sites for hydroxylation is 2. The summed E-state index contributed by atoms with van der Waals surface area (Å²) in [4.78, 5) is 17.5. The third-order valence-corrected chi connectivity index (χ3v) is 4.86. The largest absolute Gasteiger partial charge is 0.304 e. The second kappa shape index (κ2) is 7.00. The van der Waals surface area contributed by atoms with Gasteiger partial charge in [-0.25, -0.2) is 9.67 Å². The van der Waals surface area contributed by atoms with Crippen LogP contribution in [0.3, 0.4) is 0 Å². The van der Waals surface area contributed by atoms with E-state index in [-0.39, 0.29) is 5.91 Å². The number of carbonyl (C=O) groups is 1. The van der Waals surface area contributed by atoms with Crippen molar-refractivity contribution in [3.05, 3.63) is 64.7 Å². The van der Waals surface area contributed by atoms with Crippen molar-refractivity contribution in [1.29, 1.82) is 0 Å². The zero-order chi connectivity index (χ0) is 19.0. The highest BCUT2D eigenvalue weighted by molar-refractivity contribution is 6.34. The van der Waals surface area contributed by atoms with Crippen LogP contribution in [0.15, 0.2) is 48.5 Å². The molecule has 0 fully saturated rings. The van der Waals surface area contributed by atoms with Crippen LogP contribution in [-0.4, -0.2) is 20.7 Å². The number of hydrogen-bond donors (Lipinski definition) is 1. The predicted molar refractivity (Wildman–Crippen MR) is 109 cm³/mol. The van der Waals surface area contributed by atoms with E-state index in [9.17, 15) is 4.79 Å². The lowest BCUT2D eigenvalue weighted by Crippen LogP contribution is -2.13. The number of aromatic nitrogens is 3. The molecule has 2 heterocycles. The van der Waals surface area contributed by atoms with Gasteiger partial charge in [-0.15, -0.1) is 0 Å². The number of pyridine rings is 1. The topological polar surface area (TPSA) is 59.8 Å². The van der Waals surface area contributed by atoms with Crippen molar-refractivity contribution in [2.45, 2.75) is 26.8 Å². The molecule has 6 heteroatoms. The first-order valence-electron chi connectivity index (χ1n) is 8.91. The Morgan fingerprint density at radius 2 is 2.00 bits per heavy atom. The molecule has 5 nitrogen and oxygen atoms in total. The van der Waals surface area contributed by atoms with E-state index in [1.165, 1.54) is 0 Å². The standard InChI is InChI=1S/C21H19ClN4O/c1-3-11-26-20-16(12-14-8-6-7-13(2)18(14)23-20)19(25-26)24-21(27)15-9-4-5-10-17(15)22/h4-10,12H,3,11H2,1-2H3,(H,24,25,27). The van der Waals surface area contributed by atoms with Crippen molar-refractivity contribution in [1.82, 2.24) is 14.8 Å². The molecule has 0 aliphatic carbocycles. The van der Waals surface area contributed by atoms with Crippen LogP contribution in [-0.2, 0) is 6.54 Å². The molecule has 0 radical (unpaired) electrons. The third-order valence-electron chi connectivity index (χ3n) is 4.53. The van der Waals surface area contributed by atoms with Gasteiger partial charge in [0.05, 0.1) is 21.5 Å². The number of rotatable bonds is 4. The molecular formula is C21H19ClN4O. The Labute approximate surface area is 162 Å². The lowest BCUT2D eigenvalue weighted by atomic mass is 10.1. The van der Waals surface area contributed by atoms with Gasteiger partial charge in [-0.3, -0.25) is 4.79 Å². The van der Waals surface area contributed by atoms with E-state index in [0.29, 0.717) is 16.4 Å². The van der Waals surface area contributed by atoms with Gasteiger partial charge >= 0.3 is 0 Å². The summed E-state index contributed by atoms with van der Waals surface area (Å²) in [5.41, 5.74) is 3.25. The van der Waals surface area contributed by atoms with E-state index >= 15 is 0 Å². The van der Waals surface area contributed by atoms with Crippen LogP contribution >= 0.6 is 11.6 Å². The maximum Gasteiger partial charge on any atom is 0.258 e. The Hall–Kier alpha value is -2.92. The van der Waals surface area contributed by atoms with Gasteiger partial charge < -0.3 is 5.32 Å². The molecule has 0 unspecified atom stereocenters. The first-order valence-corrected chi connectivity index (χ1v) is 9.29. The van der Waals surface area contributed by atoms with E-state index < -0.39 is 0 Å². The van der Waals surface area contributed by atoms with Crippen LogP contribution < -0.4 is 5.32 Å². The van der Waals surface area contributed by atoms with Crippen LogP contribution in [0.1, 0.15) is 29.3 Å². The van der Waals surface area contributed by atoms with Gasteiger partial charge in [-0.2, -0.15) is 5.10 Å². The molecule has 2 aromatic carbocycles. The number of carbonyl (C=O) groups excluding carboxylic acids is 1. The van der Waals surface area contributed by atoms with Crippen LogP contribution in [0.4, 0.5) is 5.82 Å². The van der Waals surface area contributed by atoms with E-state index in [0.717, 1.165) is 40.5 Å². The van der Waals surface area contributed by atoms with Crippen LogP contribution in [0.2, 0.25) is 5.02 Å². The summed E-state index contributed by atoms with van der Waals surface area (Å²) in [5.74, 6) is 0.215. The third kappa shape index (κ3) is 3.15. The highest BCUT2D eigenvalue weighted by Gasteiger charge is 2.17. The monoisotopic (exact) mass is 378 g/mol. The maximum atomic E-state index is 12.7. The highest BCUT2D eigenvalue weighted by atomic mass is 35.5. The minimum Gasteiger partial charge on any atom is -0.304 e. The molecule has 2 aromatic heterocycles. The fourth-order valence-electron chi connectivity index (χ4n) is 3.21. The molecule has 0 saturated heterocycles. The SMILES string of the molecule is CCCn1nc(NC(=O)c2ccccc2Cl)c2cc3cccc(C)c3nc21. The Bertz CT molecular complexity index is 1170. The lowest BCUT2D eigenvalue weighted by Gasteiger charge is -2.05. The number of fused-ring (bicyclic) bond motifs is 2. The Morgan fingerprint density at radius 1 is 1.19 bits per heavy atom. The molecular weight excluding hydrogens is 360 g/mol. The fourth-order valence-corrected chi connectivity index (χ4v) is 3.43. The Balaban J connectivity index is 1.85. The second-order valence-corrected chi connectivity index (χ2v) is 6.92.